The minimum atomic E-state index is -0.465. The molecule has 1 aromatic heterocycles. The predicted octanol–water partition coefficient (Wildman–Crippen LogP) is 6.13. The van der Waals surface area contributed by atoms with Crippen molar-refractivity contribution in [3.8, 4) is 10.6 Å². The van der Waals surface area contributed by atoms with Crippen molar-refractivity contribution in [2.24, 2.45) is 0 Å². The van der Waals surface area contributed by atoms with E-state index in [1.54, 1.807) is 29.5 Å². The zero-order valence-electron chi connectivity index (χ0n) is 15.4. The van der Waals surface area contributed by atoms with Crippen LogP contribution in [0.2, 0.25) is 0 Å². The third kappa shape index (κ3) is 4.55. The summed E-state index contributed by atoms with van der Waals surface area (Å²) in [6.45, 7) is 0. The Morgan fingerprint density at radius 2 is 1.93 bits per heavy atom. The molecule has 0 spiro atoms. The fraction of sp³-hybridized carbons (Fsp3) is 0. The molecule has 0 radical (unpaired) electrons. The molecule has 0 fully saturated rings. The van der Waals surface area contributed by atoms with Crippen molar-refractivity contribution >= 4 is 67.5 Å². The monoisotopic (exact) mass is 527 g/mol. The summed E-state index contributed by atoms with van der Waals surface area (Å²) in [6.07, 6.45) is 2.91. The number of carbonyl (C=O) groups is 1. The molecule has 6 nitrogen and oxygen atoms in total. The first-order chi connectivity index (χ1) is 14.5. The minimum Gasteiger partial charge on any atom is -0.322 e. The number of nitrogens with zero attached hydrogens (tertiary/aromatic N) is 2. The van der Waals surface area contributed by atoms with E-state index in [0.29, 0.717) is 11.3 Å². The number of anilines is 1. The molecule has 3 aromatic carbocycles. The number of amides is 1. The van der Waals surface area contributed by atoms with Gasteiger partial charge in [0.1, 0.15) is 5.01 Å². The fourth-order valence-corrected chi connectivity index (χ4v) is 4.37. The van der Waals surface area contributed by atoms with Gasteiger partial charge in [-0.3, -0.25) is 14.9 Å². The van der Waals surface area contributed by atoms with Crippen molar-refractivity contribution in [1.29, 1.82) is 0 Å². The number of nitro groups is 1. The van der Waals surface area contributed by atoms with Gasteiger partial charge in [0.05, 0.1) is 20.8 Å². The number of thiazole rings is 1. The van der Waals surface area contributed by atoms with Crippen molar-refractivity contribution in [3.05, 3.63) is 92.1 Å². The molecule has 0 saturated heterocycles. The lowest BCUT2D eigenvalue weighted by Crippen LogP contribution is -2.09. The summed E-state index contributed by atoms with van der Waals surface area (Å²) in [5.74, 6) is -0.329. The van der Waals surface area contributed by atoms with Crippen LogP contribution in [0.3, 0.4) is 0 Å². The van der Waals surface area contributed by atoms with Gasteiger partial charge in [-0.05, 0) is 64.6 Å². The number of nitrogens with one attached hydrogen (secondary N) is 1. The van der Waals surface area contributed by atoms with E-state index in [0.717, 1.165) is 24.4 Å². The maximum atomic E-state index is 12.5. The molecule has 0 aliphatic heterocycles. The lowest BCUT2D eigenvalue weighted by molar-refractivity contribution is -0.384. The zero-order valence-corrected chi connectivity index (χ0v) is 18.4. The molecule has 30 heavy (non-hydrogen) atoms. The first kappa shape index (κ1) is 20.2. The van der Waals surface area contributed by atoms with Crippen LogP contribution in [0.25, 0.3) is 26.9 Å². The Bertz CT molecular complexity index is 1270. The van der Waals surface area contributed by atoms with Gasteiger partial charge < -0.3 is 5.32 Å². The van der Waals surface area contributed by atoms with Gasteiger partial charge in [0.2, 0.25) is 5.91 Å². The van der Waals surface area contributed by atoms with E-state index in [9.17, 15) is 14.9 Å². The summed E-state index contributed by atoms with van der Waals surface area (Å²) >= 11 is 3.80. The fourth-order valence-electron chi connectivity index (χ4n) is 2.88. The number of non-ortho nitro benzene ring substituents is 1. The van der Waals surface area contributed by atoms with E-state index in [4.69, 9.17) is 4.98 Å². The van der Waals surface area contributed by atoms with E-state index in [1.165, 1.54) is 18.2 Å². The number of hydrogen-bond donors (Lipinski definition) is 1. The Morgan fingerprint density at radius 1 is 1.10 bits per heavy atom. The topological polar surface area (TPSA) is 85.1 Å². The summed E-state index contributed by atoms with van der Waals surface area (Å²) in [6, 6.07) is 19.8. The number of para-hydroxylation sites is 1. The van der Waals surface area contributed by atoms with E-state index >= 15 is 0 Å². The largest absolute Gasteiger partial charge is 0.322 e. The van der Waals surface area contributed by atoms with Crippen LogP contribution < -0.4 is 5.32 Å². The molecule has 0 aliphatic carbocycles. The number of rotatable bonds is 5. The second kappa shape index (κ2) is 8.72. The maximum absolute atomic E-state index is 12.5. The lowest BCUT2D eigenvalue weighted by atomic mass is 10.1. The summed E-state index contributed by atoms with van der Waals surface area (Å²) < 4.78 is 2.11. The average Bonchev–Trinajstić information content (AvgIpc) is 3.18. The van der Waals surface area contributed by atoms with Gasteiger partial charge in [0.15, 0.2) is 0 Å². The van der Waals surface area contributed by atoms with E-state index in [2.05, 4.69) is 27.9 Å². The number of fused-ring (bicyclic) bond motifs is 1. The normalized spacial score (nSPS) is 11.1. The number of halogens is 1. The van der Waals surface area contributed by atoms with E-state index in [-0.39, 0.29) is 11.6 Å². The second-order valence-corrected chi connectivity index (χ2v) is 8.63. The summed E-state index contributed by atoms with van der Waals surface area (Å²) in [7, 11) is 0. The van der Waals surface area contributed by atoms with Gasteiger partial charge in [0.25, 0.3) is 5.69 Å². The Morgan fingerprint density at radius 3 is 2.73 bits per heavy atom. The highest BCUT2D eigenvalue weighted by Gasteiger charge is 2.13. The van der Waals surface area contributed by atoms with Gasteiger partial charge in [-0.25, -0.2) is 4.98 Å². The maximum Gasteiger partial charge on any atom is 0.270 e. The van der Waals surface area contributed by atoms with Crippen molar-refractivity contribution in [2.45, 2.75) is 0 Å². The molecule has 4 aromatic rings. The van der Waals surface area contributed by atoms with Gasteiger partial charge in [-0.1, -0.05) is 24.3 Å². The quantitative estimate of drug-likeness (QED) is 0.147. The summed E-state index contributed by atoms with van der Waals surface area (Å²) in [5, 5.41) is 14.6. The van der Waals surface area contributed by atoms with Gasteiger partial charge >= 0.3 is 0 Å². The van der Waals surface area contributed by atoms with E-state index < -0.39 is 4.92 Å². The molecule has 148 valence electrons. The highest BCUT2D eigenvalue weighted by Crippen LogP contribution is 2.35. The molecule has 0 saturated carbocycles. The molecule has 0 aliphatic rings. The number of nitro benzene ring substituents is 1. The number of hydrogen-bond acceptors (Lipinski definition) is 5. The first-order valence-electron chi connectivity index (χ1n) is 8.88. The minimum absolute atomic E-state index is 0.0201. The first-order valence-corrected chi connectivity index (χ1v) is 10.8. The zero-order chi connectivity index (χ0) is 21.1. The standard InChI is InChI=1S/C22H14IN3O3S/c23-15-9-10-18(17(13-15)22-25-19-6-1-2-7-20(19)30-22)24-21(27)11-8-14-4-3-5-16(12-14)26(28)29/h1-13H,(H,24,27). The second-order valence-electron chi connectivity index (χ2n) is 6.35. The van der Waals surface area contributed by atoms with Crippen LogP contribution in [-0.2, 0) is 4.79 Å². The Labute approximate surface area is 189 Å². The van der Waals surface area contributed by atoms with Crippen molar-refractivity contribution in [2.75, 3.05) is 5.32 Å². The highest BCUT2D eigenvalue weighted by molar-refractivity contribution is 14.1. The van der Waals surface area contributed by atoms with Crippen LogP contribution in [0.5, 0.6) is 0 Å². The van der Waals surface area contributed by atoms with Crippen LogP contribution in [0.1, 0.15) is 5.56 Å². The molecule has 8 heteroatoms. The van der Waals surface area contributed by atoms with Gasteiger partial charge in [-0.15, -0.1) is 11.3 Å². The molecular weight excluding hydrogens is 513 g/mol. The van der Waals surface area contributed by atoms with E-state index in [1.807, 2.05) is 42.5 Å². The smallest absolute Gasteiger partial charge is 0.270 e. The SMILES string of the molecule is O=C(C=Cc1cccc([N+](=O)[O-])c1)Nc1ccc(I)cc1-c1nc2ccccc2s1. The molecule has 0 bridgehead atoms. The van der Waals surface area contributed by atoms with Crippen molar-refractivity contribution in [1.82, 2.24) is 4.98 Å². The van der Waals surface area contributed by atoms with Crippen LogP contribution in [0, 0.1) is 13.7 Å². The third-order valence-electron chi connectivity index (χ3n) is 4.27. The Hall–Kier alpha value is -3.11. The molecule has 1 heterocycles. The average molecular weight is 527 g/mol. The van der Waals surface area contributed by atoms with Gasteiger partial charge in [0, 0.05) is 27.3 Å². The molecular formula is C22H14IN3O3S. The molecule has 0 atom stereocenters. The van der Waals surface area contributed by atoms with Gasteiger partial charge in [-0.2, -0.15) is 0 Å². The predicted molar refractivity (Wildman–Crippen MR) is 129 cm³/mol. The Balaban J connectivity index is 1.59. The summed E-state index contributed by atoms with van der Waals surface area (Å²) in [4.78, 5) is 27.6. The highest BCUT2D eigenvalue weighted by atomic mass is 127. The number of carbonyl (C=O) groups excluding carboxylic acids is 1. The molecule has 0 unspecified atom stereocenters. The number of benzene rings is 3. The van der Waals surface area contributed by atoms with Crippen LogP contribution in [0.15, 0.2) is 72.8 Å². The van der Waals surface area contributed by atoms with Crippen LogP contribution >= 0.6 is 33.9 Å². The molecule has 1 amide bonds. The Kier molecular flexibility index (Phi) is 5.86. The molecule has 4 rings (SSSR count). The van der Waals surface area contributed by atoms with Crippen molar-refractivity contribution in [3.63, 3.8) is 0 Å². The van der Waals surface area contributed by atoms with Crippen LogP contribution in [-0.4, -0.2) is 15.8 Å². The third-order valence-corrected chi connectivity index (χ3v) is 6.01. The number of aromatic nitrogens is 1. The van der Waals surface area contributed by atoms with Crippen molar-refractivity contribution < 1.29 is 9.72 Å². The molecule has 1 N–H and O–H groups in total. The van der Waals surface area contributed by atoms with Crippen LogP contribution in [0.4, 0.5) is 11.4 Å². The lowest BCUT2D eigenvalue weighted by Gasteiger charge is -2.08. The summed E-state index contributed by atoms with van der Waals surface area (Å²) in [5.41, 5.74) is 2.98.